The molecule has 0 saturated heterocycles. The van der Waals surface area contributed by atoms with Gasteiger partial charge in [-0.1, -0.05) is 56.2 Å². The number of fused-ring (bicyclic) bond motifs is 1. The van der Waals surface area contributed by atoms with Crippen molar-refractivity contribution in [3.05, 3.63) is 76.6 Å². The van der Waals surface area contributed by atoms with Gasteiger partial charge in [0.2, 0.25) is 0 Å². The Morgan fingerprint density at radius 1 is 0.931 bits per heavy atom. The zero-order valence-electron chi connectivity index (χ0n) is 19.8. The van der Waals surface area contributed by atoms with E-state index in [-0.39, 0.29) is 5.04 Å². The van der Waals surface area contributed by atoms with Crippen molar-refractivity contribution >= 4 is 8.32 Å². The molecule has 0 aliphatic heterocycles. The van der Waals surface area contributed by atoms with Gasteiger partial charge in [0.25, 0.3) is 0 Å². The summed E-state index contributed by atoms with van der Waals surface area (Å²) >= 11 is 0. The molecular formula is C26H40NOSi+. The predicted octanol–water partition coefficient (Wildman–Crippen LogP) is 6.64. The van der Waals surface area contributed by atoms with E-state index < -0.39 is 8.32 Å². The van der Waals surface area contributed by atoms with Crippen LogP contribution in [-0.4, -0.2) is 8.32 Å². The van der Waals surface area contributed by atoms with Gasteiger partial charge in [-0.15, -0.1) is 0 Å². The summed E-state index contributed by atoms with van der Waals surface area (Å²) in [6.45, 7) is 19.8. The van der Waals surface area contributed by atoms with Crippen molar-refractivity contribution in [2.45, 2.75) is 85.7 Å². The smallest absolute Gasteiger partial charge is 0.192 e. The zero-order chi connectivity index (χ0) is 21.7. The van der Waals surface area contributed by atoms with Gasteiger partial charge < -0.3 is 4.43 Å². The lowest BCUT2D eigenvalue weighted by molar-refractivity contribution is -0.694. The van der Waals surface area contributed by atoms with Crippen LogP contribution < -0.4 is 4.57 Å². The van der Waals surface area contributed by atoms with E-state index in [4.69, 9.17) is 4.43 Å². The summed E-state index contributed by atoms with van der Waals surface area (Å²) in [5.74, 6) is 0. The zero-order valence-corrected chi connectivity index (χ0v) is 20.8. The van der Waals surface area contributed by atoms with Crippen molar-refractivity contribution in [3.63, 3.8) is 0 Å². The van der Waals surface area contributed by atoms with E-state index in [1.165, 1.54) is 16.7 Å². The van der Waals surface area contributed by atoms with Gasteiger partial charge in [0.1, 0.15) is 6.54 Å². The molecule has 3 rings (SSSR count). The Balaban J connectivity index is 0.000000218. The highest BCUT2D eigenvalue weighted by atomic mass is 28.4. The van der Waals surface area contributed by atoms with Crippen molar-refractivity contribution in [3.8, 4) is 0 Å². The largest absolute Gasteiger partial charge is 0.412 e. The van der Waals surface area contributed by atoms with Gasteiger partial charge >= 0.3 is 0 Å². The number of benzene rings is 1. The lowest BCUT2D eigenvalue weighted by Crippen LogP contribution is -2.40. The molecule has 0 spiro atoms. The highest BCUT2D eigenvalue weighted by Gasteiger charge is 2.37. The van der Waals surface area contributed by atoms with Gasteiger partial charge in [-0.05, 0) is 68.9 Å². The molecule has 0 amide bonds. The monoisotopic (exact) mass is 410 g/mol. The molecule has 0 unspecified atom stereocenters. The second-order valence-electron chi connectivity index (χ2n) is 9.77. The molecule has 2 nitrogen and oxygen atoms in total. The molecule has 0 fully saturated rings. The van der Waals surface area contributed by atoms with Crippen LogP contribution in [0, 0.1) is 0 Å². The minimum atomic E-state index is -1.62. The minimum absolute atomic E-state index is 0.280. The highest BCUT2D eigenvalue weighted by molar-refractivity contribution is 6.74. The number of allylic oxidation sites excluding steroid dienone is 2. The number of hydrogen-bond acceptors (Lipinski definition) is 1. The summed E-state index contributed by atoms with van der Waals surface area (Å²) in [5.41, 5.74) is 7.39. The minimum Gasteiger partial charge on any atom is -0.412 e. The molecule has 0 bridgehead atoms. The first kappa shape index (κ1) is 23.6. The summed E-state index contributed by atoms with van der Waals surface area (Å²) in [6, 6.07) is 13.0. The van der Waals surface area contributed by atoms with E-state index in [0.717, 1.165) is 26.0 Å². The second kappa shape index (κ2) is 9.86. The molecule has 29 heavy (non-hydrogen) atoms. The van der Waals surface area contributed by atoms with Crippen molar-refractivity contribution in [1.29, 1.82) is 0 Å². The van der Waals surface area contributed by atoms with Gasteiger partial charge in [-0.3, -0.25) is 0 Å². The fourth-order valence-corrected chi connectivity index (χ4v) is 4.07. The molecule has 0 saturated carbocycles. The van der Waals surface area contributed by atoms with E-state index in [1.54, 1.807) is 11.1 Å². The van der Waals surface area contributed by atoms with Crippen LogP contribution in [0.3, 0.4) is 0 Å². The van der Waals surface area contributed by atoms with Crippen molar-refractivity contribution in [1.82, 2.24) is 0 Å². The van der Waals surface area contributed by atoms with Gasteiger partial charge in [0, 0.05) is 11.6 Å². The number of nitrogens with zero attached hydrogens (tertiary/aromatic N) is 1. The average Bonchev–Trinajstić information content (AvgIpc) is 2.67. The van der Waals surface area contributed by atoms with Gasteiger partial charge in [-0.25, -0.2) is 4.57 Å². The normalized spacial score (nSPS) is 14.2. The summed E-state index contributed by atoms with van der Waals surface area (Å²) in [6.07, 6.45) is 6.58. The maximum absolute atomic E-state index is 6.21. The highest BCUT2D eigenvalue weighted by Crippen LogP contribution is 2.37. The van der Waals surface area contributed by atoms with Crippen LogP contribution in [0.4, 0.5) is 0 Å². The number of aromatic nitrogens is 1. The third-order valence-electron chi connectivity index (χ3n) is 6.45. The topological polar surface area (TPSA) is 13.1 Å². The molecule has 1 heterocycles. The quantitative estimate of drug-likeness (QED) is 0.313. The Kier molecular flexibility index (Phi) is 8.01. The first-order valence-electron chi connectivity index (χ1n) is 10.9. The molecule has 1 aromatic heterocycles. The standard InChI is InChI=1S/C14H26NOSi.C12H14/c1-7-15-10-8-9-13(11-15)12-16-17(5,6)14(2,3)4;1-9-7-11-5-3-4-6-12(11)8-10(9)2/h8-11H,7,12H2,1-6H3;3-6H,7-8H2,1-2H3/q+1;. The average molecular weight is 411 g/mol. The van der Waals surface area contributed by atoms with Gasteiger partial charge in [-0.2, -0.15) is 0 Å². The van der Waals surface area contributed by atoms with Crippen LogP contribution in [-0.2, 0) is 30.4 Å². The summed E-state index contributed by atoms with van der Waals surface area (Å²) < 4.78 is 8.39. The number of rotatable bonds is 4. The Morgan fingerprint density at radius 3 is 1.97 bits per heavy atom. The molecule has 0 atom stereocenters. The third-order valence-corrected chi connectivity index (χ3v) is 10.9. The van der Waals surface area contributed by atoms with Crippen molar-refractivity contribution < 1.29 is 8.99 Å². The van der Waals surface area contributed by atoms with Crippen LogP contribution >= 0.6 is 0 Å². The van der Waals surface area contributed by atoms with Crippen LogP contribution in [0.5, 0.6) is 0 Å². The van der Waals surface area contributed by atoms with Crippen molar-refractivity contribution in [2.24, 2.45) is 0 Å². The first-order valence-corrected chi connectivity index (χ1v) is 13.8. The summed E-state index contributed by atoms with van der Waals surface area (Å²) in [4.78, 5) is 0. The van der Waals surface area contributed by atoms with E-state index in [1.807, 2.05) is 0 Å². The predicted molar refractivity (Wildman–Crippen MR) is 127 cm³/mol. The lowest BCUT2D eigenvalue weighted by atomic mass is 9.88. The molecule has 1 aromatic carbocycles. The first-order chi connectivity index (χ1) is 13.5. The maximum Gasteiger partial charge on any atom is 0.192 e. The molecule has 158 valence electrons. The molecule has 2 aromatic rings. The number of pyridine rings is 1. The SMILES string of the molecule is CC1=C(C)Cc2ccccc2C1.CC[n+]1cccc(CO[Si](C)(C)C(C)(C)C)c1. The van der Waals surface area contributed by atoms with E-state index in [2.05, 4.69) is 108 Å². The molecule has 0 N–H and O–H groups in total. The van der Waals surface area contributed by atoms with Crippen LogP contribution in [0.15, 0.2) is 59.9 Å². The van der Waals surface area contributed by atoms with Gasteiger partial charge in [0.05, 0.1) is 6.61 Å². The van der Waals surface area contributed by atoms with E-state index in [0.29, 0.717) is 0 Å². The molecule has 3 heteroatoms. The molecular weight excluding hydrogens is 370 g/mol. The fourth-order valence-electron chi connectivity index (χ4n) is 3.11. The van der Waals surface area contributed by atoms with E-state index in [9.17, 15) is 0 Å². The maximum atomic E-state index is 6.21. The van der Waals surface area contributed by atoms with Crippen molar-refractivity contribution in [2.75, 3.05) is 0 Å². The molecule has 1 aliphatic rings. The number of aryl methyl sites for hydroxylation is 1. The Morgan fingerprint density at radius 2 is 1.48 bits per heavy atom. The van der Waals surface area contributed by atoms with E-state index >= 15 is 0 Å². The summed E-state index contributed by atoms with van der Waals surface area (Å²) in [5, 5.41) is 0.280. The second-order valence-corrected chi connectivity index (χ2v) is 14.6. The Labute approximate surface area is 179 Å². The molecule has 1 aliphatic carbocycles. The fraction of sp³-hybridized carbons (Fsp3) is 0.500. The number of hydrogen-bond donors (Lipinski definition) is 0. The molecule has 0 radical (unpaired) electrons. The van der Waals surface area contributed by atoms with Gasteiger partial charge in [0.15, 0.2) is 20.7 Å². The third kappa shape index (κ3) is 6.65. The van der Waals surface area contributed by atoms with Crippen LogP contribution in [0.2, 0.25) is 18.1 Å². The Hall–Kier alpha value is -1.71. The Bertz CT molecular complexity index is 813. The summed E-state index contributed by atoms with van der Waals surface area (Å²) in [7, 11) is -1.62. The van der Waals surface area contributed by atoms with Crippen LogP contribution in [0.25, 0.3) is 0 Å². The lowest BCUT2D eigenvalue weighted by Gasteiger charge is -2.36. The van der Waals surface area contributed by atoms with Crippen LogP contribution in [0.1, 0.15) is 58.2 Å².